The second-order valence-electron chi connectivity index (χ2n) is 20.8. The van der Waals surface area contributed by atoms with Crippen LogP contribution in [0.1, 0.15) is 48.2 Å². The van der Waals surface area contributed by atoms with Crippen LogP contribution in [-0.2, 0) is 30.4 Å². The summed E-state index contributed by atoms with van der Waals surface area (Å²) < 4.78 is 136. The van der Waals surface area contributed by atoms with Crippen LogP contribution in [0.3, 0.4) is 0 Å². The molecule has 0 aromatic heterocycles. The molecular formula is C64H61N11O18S3. The molecule has 9 aromatic carbocycles. The number of amides is 1. The van der Waals surface area contributed by atoms with Gasteiger partial charge < -0.3 is 44.0 Å². The van der Waals surface area contributed by atoms with Gasteiger partial charge in [-0.25, -0.2) is 0 Å². The molecule has 29 nitrogen and oxygen atoms in total. The number of phenols is 2. The molecule has 498 valence electrons. The highest BCUT2D eigenvalue weighted by Gasteiger charge is 2.24. The van der Waals surface area contributed by atoms with Gasteiger partial charge in [0.05, 0.1) is 74.5 Å². The van der Waals surface area contributed by atoms with Crippen molar-refractivity contribution in [3.05, 3.63) is 150 Å². The highest BCUT2D eigenvalue weighted by atomic mass is 32.2. The minimum atomic E-state index is -4.97. The predicted octanol–water partition coefficient (Wildman–Crippen LogP) is 16.7. The summed E-state index contributed by atoms with van der Waals surface area (Å²) in [5.74, 6) is -0.396. The summed E-state index contributed by atoms with van der Waals surface area (Å²) in [5.41, 5.74) is 3.76. The summed E-state index contributed by atoms with van der Waals surface area (Å²) >= 11 is 0. The zero-order valence-electron chi connectivity index (χ0n) is 52.2. The fourth-order valence-electron chi connectivity index (χ4n) is 9.33. The van der Waals surface area contributed by atoms with E-state index in [0.29, 0.717) is 50.3 Å². The number of hydrogen-bond donors (Lipinski definition) is 6. The Morgan fingerprint density at radius 1 is 0.458 bits per heavy atom. The molecule has 0 radical (unpaired) electrons. The molecule has 0 aliphatic rings. The number of aryl methyl sites for hydroxylation is 2. The number of carbonyl (C=O) groups excluding carboxylic acids is 1. The molecule has 0 spiro atoms. The van der Waals surface area contributed by atoms with E-state index in [0.717, 1.165) is 12.1 Å². The van der Waals surface area contributed by atoms with Crippen LogP contribution in [0, 0.1) is 13.8 Å². The van der Waals surface area contributed by atoms with Gasteiger partial charge in [0.25, 0.3) is 36.3 Å². The molecule has 0 bridgehead atoms. The standard InChI is InChI=1S/C64H61N11O18S3/c1-8-91-59-35-54(60(92-9-2)34-53(59)72-68-48-21-13-39(28-56(48)88-5)64(78)65-42-14-12-38-27-45(95(82,83)84)31-55(47(38)30-42)93-22-10-11-23-94(79,80)81)73-70-50-32-57(89-6)51(24-36(50)3)71-69-49-33-58(90-7)52(25-37(49)4)74-75-62-61(96(85,86)87)29-40-26-43(17-20-46(40)63(62)77)67-66-41-15-18-44(76)19-16-41/h12-21,24-35,76-77H,8-11,22-23H2,1-7H3,(H,65,78)(H,79,80,81)(H,82,83,84)(H,85,86,87)/b67-66+,71-69?,72-68?,73-70?,75-74?. The number of anilines is 1. The highest BCUT2D eigenvalue weighted by molar-refractivity contribution is 7.86. The number of unbranched alkanes of at least 4 members (excludes halogenated alkanes) is 1. The predicted molar refractivity (Wildman–Crippen MR) is 355 cm³/mol. The molecule has 1 amide bonds. The van der Waals surface area contributed by atoms with Gasteiger partial charge >= 0.3 is 0 Å². The lowest BCUT2D eigenvalue weighted by atomic mass is 10.1. The monoisotopic (exact) mass is 1370 g/mol. The molecule has 96 heavy (non-hydrogen) atoms. The van der Waals surface area contributed by atoms with Gasteiger partial charge in [-0.3, -0.25) is 18.5 Å². The average Bonchev–Trinajstić information content (AvgIpc) is 0.793. The van der Waals surface area contributed by atoms with E-state index in [9.17, 15) is 49.4 Å². The number of azo groups is 5. The number of phenolic OH excluding ortho intramolecular Hbond substituents is 2. The molecule has 9 aromatic rings. The highest BCUT2D eigenvalue weighted by Crippen LogP contribution is 2.47. The van der Waals surface area contributed by atoms with Gasteiger partial charge in [0, 0.05) is 52.4 Å². The van der Waals surface area contributed by atoms with Crippen LogP contribution < -0.4 is 33.7 Å². The minimum absolute atomic E-state index is 0.0335. The third-order valence-corrected chi connectivity index (χ3v) is 16.6. The smallest absolute Gasteiger partial charge is 0.296 e. The van der Waals surface area contributed by atoms with Crippen LogP contribution in [0.2, 0.25) is 0 Å². The first-order valence-electron chi connectivity index (χ1n) is 28.8. The van der Waals surface area contributed by atoms with Crippen molar-refractivity contribution in [2.45, 2.75) is 50.3 Å². The number of hydrogen-bond acceptors (Lipinski definition) is 25. The number of nitrogens with one attached hydrogen (secondary N) is 1. The summed E-state index contributed by atoms with van der Waals surface area (Å²) in [6.45, 7) is 7.47. The van der Waals surface area contributed by atoms with E-state index in [2.05, 4.69) is 56.5 Å². The number of ether oxygens (including phenoxy) is 6. The quantitative estimate of drug-likeness (QED) is 0.0158. The van der Waals surface area contributed by atoms with Crippen LogP contribution in [-0.4, -0.2) is 102 Å². The fourth-order valence-corrected chi connectivity index (χ4v) is 11.1. The van der Waals surface area contributed by atoms with E-state index >= 15 is 0 Å². The maximum absolute atomic E-state index is 13.7. The lowest BCUT2D eigenvalue weighted by Crippen LogP contribution is -2.12. The van der Waals surface area contributed by atoms with Crippen molar-refractivity contribution in [1.29, 1.82) is 0 Å². The van der Waals surface area contributed by atoms with Gasteiger partial charge in [0.15, 0.2) is 5.75 Å². The van der Waals surface area contributed by atoms with Crippen LogP contribution in [0.4, 0.5) is 62.6 Å². The molecule has 0 saturated heterocycles. The molecule has 0 aliphatic carbocycles. The zero-order valence-corrected chi connectivity index (χ0v) is 54.6. The van der Waals surface area contributed by atoms with Gasteiger partial charge in [-0.2, -0.15) is 45.7 Å². The number of aromatic hydroxyl groups is 2. The molecule has 6 N–H and O–H groups in total. The number of nitrogens with zero attached hydrogens (tertiary/aromatic N) is 10. The third-order valence-electron chi connectivity index (χ3n) is 14.1. The maximum atomic E-state index is 13.7. The Kier molecular flexibility index (Phi) is 21.7. The first-order valence-corrected chi connectivity index (χ1v) is 33.3. The van der Waals surface area contributed by atoms with Crippen molar-refractivity contribution < 1.29 is 82.3 Å². The van der Waals surface area contributed by atoms with Gasteiger partial charge in [0.1, 0.15) is 79.3 Å². The first kappa shape index (κ1) is 69.4. The molecule has 0 saturated carbocycles. The average molecular weight is 1370 g/mol. The molecule has 0 fully saturated rings. The van der Waals surface area contributed by atoms with Gasteiger partial charge in [-0.15, -0.1) is 30.7 Å². The van der Waals surface area contributed by atoms with Crippen molar-refractivity contribution in [2.24, 2.45) is 51.1 Å². The zero-order chi connectivity index (χ0) is 69.1. The Bertz CT molecular complexity index is 4990. The molecule has 0 atom stereocenters. The largest absolute Gasteiger partial charge is 0.508 e. The summed E-state index contributed by atoms with van der Waals surface area (Å²) in [6, 6.07) is 32.5. The summed E-state index contributed by atoms with van der Waals surface area (Å²) in [4.78, 5) is 12.5. The minimum Gasteiger partial charge on any atom is -0.508 e. The molecule has 9 rings (SSSR count). The Balaban J connectivity index is 0.908. The number of rotatable bonds is 27. The van der Waals surface area contributed by atoms with Crippen molar-refractivity contribution in [3.8, 4) is 46.0 Å². The van der Waals surface area contributed by atoms with E-state index in [-0.39, 0.29) is 118 Å². The number of methoxy groups -OCH3 is 3. The normalized spacial score (nSPS) is 12.3. The number of carbonyl (C=O) groups is 1. The Labute approximate surface area is 549 Å². The van der Waals surface area contributed by atoms with E-state index in [1.54, 1.807) is 70.2 Å². The second kappa shape index (κ2) is 30.0. The van der Waals surface area contributed by atoms with E-state index < -0.39 is 63.2 Å². The summed E-state index contributed by atoms with van der Waals surface area (Å²) in [5, 5.41) is 68.3. The molecule has 32 heteroatoms. The number of fused-ring (bicyclic) bond motifs is 2. The van der Waals surface area contributed by atoms with Crippen molar-refractivity contribution >= 4 is 120 Å². The van der Waals surface area contributed by atoms with Gasteiger partial charge in [-0.1, -0.05) is 6.07 Å². The topological polar surface area (TPSA) is 412 Å². The Morgan fingerprint density at radius 3 is 1.55 bits per heavy atom. The summed E-state index contributed by atoms with van der Waals surface area (Å²) in [6.07, 6.45) is 0.248. The van der Waals surface area contributed by atoms with Gasteiger partial charge in [0.2, 0.25) is 0 Å². The summed E-state index contributed by atoms with van der Waals surface area (Å²) in [7, 11) is -9.61. The number of benzene rings is 9. The Morgan fingerprint density at radius 2 is 0.990 bits per heavy atom. The van der Waals surface area contributed by atoms with Crippen molar-refractivity contribution in [3.63, 3.8) is 0 Å². The molecule has 0 heterocycles. The lowest BCUT2D eigenvalue weighted by molar-refractivity contribution is 0.102. The van der Waals surface area contributed by atoms with E-state index in [4.69, 9.17) is 33.0 Å². The van der Waals surface area contributed by atoms with Crippen molar-refractivity contribution in [1.82, 2.24) is 0 Å². The lowest BCUT2D eigenvalue weighted by Gasteiger charge is -2.13. The SMILES string of the molecule is CCOc1cc(N=Nc2ccc(C(=O)Nc3ccc4cc(S(=O)(=O)O)cc(OCCCCS(=O)(=O)O)c4c3)cc2OC)c(OCC)cc1N=Nc1cc(OC)c(N=Nc2cc(OC)c(N=Nc3c(S(=O)(=O)O)cc4cc(/N=N/c5ccc(O)cc5)ccc4c3O)cc2C)cc1C. The third kappa shape index (κ3) is 17.3. The Hall–Kier alpha value is -10.9. The first-order chi connectivity index (χ1) is 45.7. The van der Waals surface area contributed by atoms with E-state index in [1.165, 1.54) is 100 Å². The molecular weight excluding hydrogens is 1310 g/mol. The second-order valence-corrected chi connectivity index (χ2v) is 25.1. The van der Waals surface area contributed by atoms with Crippen molar-refractivity contribution in [2.75, 3.05) is 52.2 Å². The van der Waals surface area contributed by atoms with Crippen LogP contribution >= 0.6 is 0 Å². The molecule has 0 aliphatic heterocycles. The van der Waals surface area contributed by atoms with Crippen LogP contribution in [0.15, 0.2) is 194 Å². The van der Waals surface area contributed by atoms with Gasteiger partial charge in [-0.05, 0) is 159 Å². The molecule has 0 unspecified atom stereocenters. The van der Waals surface area contributed by atoms with Crippen LogP contribution in [0.5, 0.6) is 46.0 Å². The van der Waals surface area contributed by atoms with Crippen LogP contribution in [0.25, 0.3) is 21.5 Å². The fraction of sp³-hybridized carbons (Fsp3) is 0.203. The maximum Gasteiger partial charge on any atom is 0.296 e. The van der Waals surface area contributed by atoms with E-state index in [1.807, 2.05) is 0 Å².